The van der Waals surface area contributed by atoms with Gasteiger partial charge in [0.25, 0.3) is 5.91 Å². The number of aromatic nitrogens is 2. The molecule has 1 unspecified atom stereocenters. The first-order valence-electron chi connectivity index (χ1n) is 9.42. The summed E-state index contributed by atoms with van der Waals surface area (Å²) in [4.78, 5) is 19.6. The molecule has 1 aliphatic heterocycles. The number of benzene rings is 1. The van der Waals surface area contributed by atoms with E-state index in [-0.39, 0.29) is 17.9 Å². The van der Waals surface area contributed by atoms with E-state index in [0.29, 0.717) is 23.8 Å². The van der Waals surface area contributed by atoms with E-state index in [1.165, 1.54) is 0 Å². The maximum Gasteiger partial charge on any atom is 0.254 e. The molecule has 6 nitrogen and oxygen atoms in total. The van der Waals surface area contributed by atoms with Gasteiger partial charge >= 0.3 is 0 Å². The Kier molecular flexibility index (Phi) is 4.79. The Morgan fingerprint density at radius 2 is 2.11 bits per heavy atom. The van der Waals surface area contributed by atoms with Crippen LogP contribution in [0.5, 0.6) is 0 Å². The number of piperidine rings is 1. The van der Waals surface area contributed by atoms with E-state index in [0.717, 1.165) is 30.6 Å². The topological polar surface area (TPSA) is 72.4 Å². The molecular weight excluding hydrogens is 342 g/mol. The van der Waals surface area contributed by atoms with Crippen molar-refractivity contribution in [1.29, 1.82) is 0 Å². The lowest BCUT2D eigenvalue weighted by Gasteiger charge is -2.33. The van der Waals surface area contributed by atoms with Crippen LogP contribution in [0.1, 0.15) is 67.1 Å². The Labute approximate surface area is 158 Å². The van der Waals surface area contributed by atoms with Gasteiger partial charge in [-0.1, -0.05) is 31.1 Å². The SMILES string of the molecule is CC(C)c1noc(C2CCCCN2C(=O)c2cccc(-c3ccco3)c2)n1. The molecule has 0 bridgehead atoms. The van der Waals surface area contributed by atoms with Gasteiger partial charge in [0.05, 0.1) is 6.26 Å². The molecule has 2 aromatic heterocycles. The highest BCUT2D eigenvalue weighted by Crippen LogP contribution is 2.32. The number of carbonyl (C=O) groups excluding carboxylic acids is 1. The summed E-state index contributed by atoms with van der Waals surface area (Å²) in [7, 11) is 0. The quantitative estimate of drug-likeness (QED) is 0.663. The van der Waals surface area contributed by atoms with Crippen LogP contribution in [0.15, 0.2) is 51.6 Å². The van der Waals surface area contributed by atoms with E-state index in [9.17, 15) is 4.79 Å². The monoisotopic (exact) mass is 365 g/mol. The zero-order chi connectivity index (χ0) is 18.8. The van der Waals surface area contributed by atoms with Crippen molar-refractivity contribution in [3.05, 3.63) is 59.9 Å². The van der Waals surface area contributed by atoms with Crippen molar-refractivity contribution in [2.45, 2.75) is 45.1 Å². The van der Waals surface area contributed by atoms with Gasteiger partial charge in [0.2, 0.25) is 5.89 Å². The number of hydrogen-bond donors (Lipinski definition) is 0. The molecule has 1 aromatic carbocycles. The van der Waals surface area contributed by atoms with Crippen LogP contribution in [-0.2, 0) is 0 Å². The molecule has 0 radical (unpaired) electrons. The van der Waals surface area contributed by atoms with E-state index >= 15 is 0 Å². The lowest BCUT2D eigenvalue weighted by molar-refractivity contribution is 0.0561. The molecule has 3 heterocycles. The van der Waals surface area contributed by atoms with Crippen molar-refractivity contribution in [1.82, 2.24) is 15.0 Å². The maximum atomic E-state index is 13.3. The second-order valence-corrected chi connectivity index (χ2v) is 7.21. The summed E-state index contributed by atoms with van der Waals surface area (Å²) in [5.74, 6) is 2.15. The molecule has 4 rings (SSSR count). The van der Waals surface area contributed by atoms with Crippen LogP contribution < -0.4 is 0 Å². The second kappa shape index (κ2) is 7.39. The molecule has 6 heteroatoms. The Morgan fingerprint density at radius 1 is 1.22 bits per heavy atom. The van der Waals surface area contributed by atoms with E-state index in [4.69, 9.17) is 8.94 Å². The molecule has 3 aromatic rings. The molecule has 1 aliphatic rings. The summed E-state index contributed by atoms with van der Waals surface area (Å²) in [6.07, 6.45) is 4.49. The van der Waals surface area contributed by atoms with E-state index in [2.05, 4.69) is 10.1 Å². The summed E-state index contributed by atoms with van der Waals surface area (Å²) >= 11 is 0. The first kappa shape index (κ1) is 17.5. The summed E-state index contributed by atoms with van der Waals surface area (Å²) < 4.78 is 11.0. The Balaban J connectivity index is 1.62. The molecule has 0 saturated carbocycles. The van der Waals surface area contributed by atoms with Gasteiger partial charge in [-0.15, -0.1) is 0 Å². The molecule has 0 N–H and O–H groups in total. The normalized spacial score (nSPS) is 17.4. The van der Waals surface area contributed by atoms with Crippen LogP contribution in [0.25, 0.3) is 11.3 Å². The van der Waals surface area contributed by atoms with Crippen LogP contribution in [0.4, 0.5) is 0 Å². The van der Waals surface area contributed by atoms with Crippen LogP contribution >= 0.6 is 0 Å². The van der Waals surface area contributed by atoms with E-state index in [1.54, 1.807) is 6.26 Å². The van der Waals surface area contributed by atoms with Crippen molar-refractivity contribution in [3.63, 3.8) is 0 Å². The highest BCUT2D eigenvalue weighted by molar-refractivity contribution is 5.95. The lowest BCUT2D eigenvalue weighted by atomic mass is 10.00. The number of carbonyl (C=O) groups is 1. The van der Waals surface area contributed by atoms with Crippen molar-refractivity contribution >= 4 is 5.91 Å². The first-order chi connectivity index (χ1) is 13.1. The average molecular weight is 365 g/mol. The molecular formula is C21H23N3O3. The number of furan rings is 1. The number of rotatable bonds is 4. The van der Waals surface area contributed by atoms with E-state index in [1.807, 2.05) is 55.1 Å². The van der Waals surface area contributed by atoms with Gasteiger partial charge in [-0.2, -0.15) is 4.98 Å². The standard InChI is InChI=1S/C21H23N3O3/c1-14(2)19-22-20(27-23-19)17-9-3-4-11-24(17)21(25)16-8-5-7-15(13-16)18-10-6-12-26-18/h5-8,10,12-14,17H,3-4,9,11H2,1-2H3. The molecule has 1 amide bonds. The smallest absolute Gasteiger partial charge is 0.254 e. The zero-order valence-corrected chi connectivity index (χ0v) is 15.6. The lowest BCUT2D eigenvalue weighted by Crippen LogP contribution is -2.38. The maximum absolute atomic E-state index is 13.3. The number of nitrogens with zero attached hydrogens (tertiary/aromatic N) is 3. The van der Waals surface area contributed by atoms with Gasteiger partial charge < -0.3 is 13.8 Å². The number of likely N-dealkylation sites (tertiary alicyclic amines) is 1. The van der Waals surface area contributed by atoms with Gasteiger partial charge in [-0.25, -0.2) is 0 Å². The third-order valence-electron chi connectivity index (χ3n) is 4.94. The Hall–Kier alpha value is -2.89. The predicted molar refractivity (Wildman–Crippen MR) is 100 cm³/mol. The molecule has 1 saturated heterocycles. The van der Waals surface area contributed by atoms with E-state index < -0.39 is 0 Å². The van der Waals surface area contributed by atoms with Crippen molar-refractivity contribution < 1.29 is 13.7 Å². The largest absolute Gasteiger partial charge is 0.464 e. The fraction of sp³-hybridized carbons (Fsp3) is 0.381. The minimum atomic E-state index is -0.168. The molecule has 1 atom stereocenters. The van der Waals surface area contributed by atoms with Crippen LogP contribution in [0, 0.1) is 0 Å². The van der Waals surface area contributed by atoms with Crippen molar-refractivity contribution in [2.24, 2.45) is 0 Å². The minimum Gasteiger partial charge on any atom is -0.464 e. The fourth-order valence-electron chi connectivity index (χ4n) is 3.46. The third kappa shape index (κ3) is 3.52. The summed E-state index contributed by atoms with van der Waals surface area (Å²) in [5, 5.41) is 4.07. The second-order valence-electron chi connectivity index (χ2n) is 7.21. The summed E-state index contributed by atoms with van der Waals surface area (Å²) in [6, 6.07) is 11.1. The number of hydrogen-bond acceptors (Lipinski definition) is 5. The van der Waals surface area contributed by atoms with Gasteiger partial charge in [0.1, 0.15) is 11.8 Å². The van der Waals surface area contributed by atoms with Crippen LogP contribution in [0.3, 0.4) is 0 Å². The van der Waals surface area contributed by atoms with Crippen LogP contribution in [0.2, 0.25) is 0 Å². The van der Waals surface area contributed by atoms with Gasteiger partial charge in [0.15, 0.2) is 5.82 Å². The molecule has 0 aliphatic carbocycles. The molecule has 1 fully saturated rings. The minimum absolute atomic E-state index is 0.0163. The summed E-state index contributed by atoms with van der Waals surface area (Å²) in [5.41, 5.74) is 1.53. The third-order valence-corrected chi connectivity index (χ3v) is 4.94. The Morgan fingerprint density at radius 3 is 2.85 bits per heavy atom. The zero-order valence-electron chi connectivity index (χ0n) is 15.6. The van der Waals surface area contributed by atoms with Gasteiger partial charge in [-0.05, 0) is 43.5 Å². The van der Waals surface area contributed by atoms with Gasteiger partial charge in [-0.3, -0.25) is 4.79 Å². The fourth-order valence-corrected chi connectivity index (χ4v) is 3.46. The highest BCUT2D eigenvalue weighted by Gasteiger charge is 2.33. The Bertz CT molecular complexity index is 914. The van der Waals surface area contributed by atoms with Crippen molar-refractivity contribution in [2.75, 3.05) is 6.54 Å². The first-order valence-corrected chi connectivity index (χ1v) is 9.42. The predicted octanol–water partition coefficient (Wildman–Crippen LogP) is 4.82. The summed E-state index contributed by atoms with van der Waals surface area (Å²) in [6.45, 7) is 4.74. The van der Waals surface area contributed by atoms with Crippen molar-refractivity contribution in [3.8, 4) is 11.3 Å². The van der Waals surface area contributed by atoms with Gasteiger partial charge in [0, 0.05) is 23.6 Å². The number of amides is 1. The molecule has 140 valence electrons. The van der Waals surface area contributed by atoms with Crippen LogP contribution in [-0.4, -0.2) is 27.5 Å². The highest BCUT2D eigenvalue weighted by atomic mass is 16.5. The molecule has 27 heavy (non-hydrogen) atoms. The molecule has 0 spiro atoms. The average Bonchev–Trinajstić information content (AvgIpc) is 3.39.